The van der Waals surface area contributed by atoms with Crippen LogP contribution in [0.25, 0.3) is 0 Å². The van der Waals surface area contributed by atoms with Gasteiger partial charge >= 0.3 is 22.4 Å². The Hall–Kier alpha value is 0.170. The van der Waals surface area contributed by atoms with E-state index in [2.05, 4.69) is 20.9 Å². The van der Waals surface area contributed by atoms with Crippen LogP contribution in [-0.2, 0) is 22.4 Å². The van der Waals surface area contributed by atoms with Crippen molar-refractivity contribution in [1.29, 1.82) is 0 Å². The Morgan fingerprint density at radius 2 is 2.22 bits per heavy atom. The van der Waals surface area contributed by atoms with E-state index in [1.807, 2.05) is 0 Å². The predicted molar refractivity (Wildman–Crippen MR) is 31.4 cm³/mol. The Morgan fingerprint density at radius 3 is 2.56 bits per heavy atom. The average Bonchev–Trinajstić information content (AvgIpc) is 1.77. The van der Waals surface area contributed by atoms with Crippen LogP contribution in [0.4, 0.5) is 0 Å². The molecule has 1 aromatic rings. The largest absolute Gasteiger partial charge is 1.00 e. The molecule has 1 aromatic heterocycles. The molecule has 1 rings (SSSR count). The molecule has 52 valence electrons. The summed E-state index contributed by atoms with van der Waals surface area (Å²) >= 11 is 3.02. The normalized spacial score (nSPS) is 8.11. The second-order valence-corrected chi connectivity index (χ2v) is 2.14. The van der Waals surface area contributed by atoms with Crippen molar-refractivity contribution < 1.29 is 27.5 Å². The Kier molecular flexibility index (Phi) is 4.14. The second kappa shape index (κ2) is 4.06. The topological polar surface area (TPSA) is 36.0 Å². The molecule has 0 N–H and O–H groups in total. The summed E-state index contributed by atoms with van der Waals surface area (Å²) in [4.78, 5) is 3.48. The maximum absolute atomic E-state index is 10.5. The average molecular weight is 281 g/mol. The molecule has 0 aliphatic carbocycles. The van der Waals surface area contributed by atoms with Crippen molar-refractivity contribution in [3.05, 3.63) is 22.8 Å². The zero-order valence-electron chi connectivity index (χ0n) is 4.27. The summed E-state index contributed by atoms with van der Waals surface area (Å²) in [5, 5.41) is 10.5. The fraction of sp³-hybridized carbons (Fsp3) is 0. The summed E-state index contributed by atoms with van der Waals surface area (Å²) in [6, 6.07) is 3.36. The molecule has 0 amide bonds. The molecule has 0 aliphatic rings. The molecule has 0 saturated carbocycles. The van der Waals surface area contributed by atoms with Crippen molar-refractivity contribution in [3.63, 3.8) is 0 Å². The van der Waals surface area contributed by atoms with Gasteiger partial charge in [0.25, 0.3) is 0 Å². The van der Waals surface area contributed by atoms with Gasteiger partial charge in [-0.05, 0) is 28.1 Å². The second-order valence-electron chi connectivity index (χ2n) is 1.29. The summed E-state index contributed by atoms with van der Waals surface area (Å²) in [6.07, 6.45) is 1.47. The van der Waals surface area contributed by atoms with Gasteiger partial charge in [-0.2, -0.15) is 0 Å². The molecular weight excluding hydrogens is 278 g/mol. The Bertz CT molecular complexity index is 173. The van der Waals surface area contributed by atoms with Gasteiger partial charge in [0.05, 0.1) is 0 Å². The number of rotatable bonds is 0. The first-order chi connectivity index (χ1) is 3.80. The van der Waals surface area contributed by atoms with Crippen LogP contribution in [0.3, 0.4) is 0 Å². The molecule has 4 heteroatoms. The monoisotopic (exact) mass is 279 g/mol. The van der Waals surface area contributed by atoms with Gasteiger partial charge < -0.3 is 5.11 Å². The van der Waals surface area contributed by atoms with Crippen LogP contribution < -0.4 is 5.11 Å². The number of pyridine rings is 1. The van der Waals surface area contributed by atoms with Crippen molar-refractivity contribution in [2.45, 2.75) is 0 Å². The molecule has 9 heavy (non-hydrogen) atoms. The first kappa shape index (κ1) is 9.17. The van der Waals surface area contributed by atoms with Crippen LogP contribution in [0.1, 0.15) is 0 Å². The maximum Gasteiger partial charge on any atom is 1.00 e. The van der Waals surface area contributed by atoms with Gasteiger partial charge in [-0.25, -0.2) is 0 Å². The third kappa shape index (κ3) is 2.49. The van der Waals surface area contributed by atoms with Crippen molar-refractivity contribution in [2.75, 3.05) is 0 Å². The van der Waals surface area contributed by atoms with Crippen molar-refractivity contribution in [2.24, 2.45) is 0 Å². The quantitative estimate of drug-likeness (QED) is 0.663. The summed E-state index contributed by atoms with van der Waals surface area (Å²) in [7, 11) is 0. The number of nitrogens with zero attached hydrogens (tertiary/aromatic N) is 1. The molecule has 0 aromatic carbocycles. The molecular formula is C5H3AgBrNO. The van der Waals surface area contributed by atoms with Gasteiger partial charge in [0, 0.05) is 16.5 Å². The van der Waals surface area contributed by atoms with Crippen molar-refractivity contribution >= 4 is 15.9 Å². The van der Waals surface area contributed by atoms with Gasteiger partial charge in [-0.1, -0.05) is 0 Å². The molecule has 0 radical (unpaired) electrons. The standard InChI is InChI=1S/C5H4BrNO.Ag/c6-4-2-1-3-7-5(4)8;/h1-3H,(H,7,8);/q;+1/p-1. The van der Waals surface area contributed by atoms with Crippen LogP contribution in [0.5, 0.6) is 5.88 Å². The number of aromatic nitrogens is 1. The van der Waals surface area contributed by atoms with E-state index in [0.717, 1.165) is 0 Å². The molecule has 0 aliphatic heterocycles. The van der Waals surface area contributed by atoms with Gasteiger partial charge in [0.2, 0.25) is 0 Å². The van der Waals surface area contributed by atoms with E-state index in [-0.39, 0.29) is 28.3 Å². The molecule has 1 heterocycles. The van der Waals surface area contributed by atoms with Gasteiger partial charge in [-0.15, -0.1) is 0 Å². The maximum atomic E-state index is 10.5. The van der Waals surface area contributed by atoms with E-state index in [1.54, 1.807) is 12.1 Å². The van der Waals surface area contributed by atoms with Crippen molar-refractivity contribution in [3.8, 4) is 5.88 Å². The minimum Gasteiger partial charge on any atom is -0.858 e. The Labute approximate surface area is 76.9 Å². The first-order valence-corrected chi connectivity index (χ1v) is 2.87. The first-order valence-electron chi connectivity index (χ1n) is 2.08. The minimum absolute atomic E-state index is 0. The van der Waals surface area contributed by atoms with Crippen LogP contribution >= 0.6 is 15.9 Å². The molecule has 0 spiro atoms. The molecule has 0 bridgehead atoms. The molecule has 0 fully saturated rings. The van der Waals surface area contributed by atoms with E-state index >= 15 is 0 Å². The number of hydrogen-bond acceptors (Lipinski definition) is 2. The van der Waals surface area contributed by atoms with Crippen LogP contribution in [0.2, 0.25) is 0 Å². The predicted octanol–water partition coefficient (Wildman–Crippen LogP) is 0.915. The Morgan fingerprint density at radius 1 is 1.56 bits per heavy atom. The number of halogens is 1. The van der Waals surface area contributed by atoms with E-state index in [9.17, 15) is 5.11 Å². The summed E-state index contributed by atoms with van der Waals surface area (Å²) in [5.74, 6) is -0.215. The Balaban J connectivity index is 0.000000640. The summed E-state index contributed by atoms with van der Waals surface area (Å²) < 4.78 is 0.514. The van der Waals surface area contributed by atoms with E-state index in [4.69, 9.17) is 0 Å². The smallest absolute Gasteiger partial charge is 0.858 e. The molecule has 2 nitrogen and oxygen atoms in total. The SMILES string of the molecule is [Ag+].[O-]c1ncccc1Br. The number of hydrogen-bond donors (Lipinski definition) is 0. The molecule has 0 saturated heterocycles. The fourth-order valence-electron chi connectivity index (χ4n) is 0.371. The van der Waals surface area contributed by atoms with Gasteiger partial charge in [0.15, 0.2) is 0 Å². The molecule has 0 unspecified atom stereocenters. The zero-order chi connectivity index (χ0) is 5.98. The molecule has 0 atom stereocenters. The van der Waals surface area contributed by atoms with Crippen molar-refractivity contribution in [1.82, 2.24) is 4.98 Å². The third-order valence-corrected chi connectivity index (χ3v) is 1.33. The summed E-state index contributed by atoms with van der Waals surface area (Å²) in [6.45, 7) is 0. The van der Waals surface area contributed by atoms with E-state index in [0.29, 0.717) is 4.47 Å². The zero-order valence-corrected chi connectivity index (χ0v) is 7.34. The van der Waals surface area contributed by atoms with E-state index < -0.39 is 0 Å². The summed E-state index contributed by atoms with van der Waals surface area (Å²) in [5.41, 5.74) is 0. The van der Waals surface area contributed by atoms with Crippen LogP contribution in [-0.4, -0.2) is 4.98 Å². The minimum atomic E-state index is -0.215. The van der Waals surface area contributed by atoms with Gasteiger partial charge in [0.1, 0.15) is 0 Å². The van der Waals surface area contributed by atoms with E-state index in [1.165, 1.54) is 6.20 Å². The van der Waals surface area contributed by atoms with Gasteiger partial charge in [-0.3, -0.25) is 4.98 Å². The van der Waals surface area contributed by atoms with Crippen LogP contribution in [0, 0.1) is 0 Å². The fourth-order valence-corrected chi connectivity index (χ4v) is 0.626. The van der Waals surface area contributed by atoms with Crippen LogP contribution in [0.15, 0.2) is 22.8 Å². The third-order valence-electron chi connectivity index (χ3n) is 0.725.